The van der Waals surface area contributed by atoms with Crippen molar-refractivity contribution in [3.63, 3.8) is 0 Å². The minimum atomic E-state index is 0.526. The van der Waals surface area contributed by atoms with E-state index in [2.05, 4.69) is 10.1 Å². The van der Waals surface area contributed by atoms with Gasteiger partial charge in [-0.3, -0.25) is 0 Å². The molecule has 0 fully saturated rings. The molecule has 0 aromatic carbocycles. The van der Waals surface area contributed by atoms with Gasteiger partial charge in [0.2, 0.25) is 0 Å². The summed E-state index contributed by atoms with van der Waals surface area (Å²) in [6.45, 7) is 1.97. The maximum atomic E-state index is 5.70. The van der Waals surface area contributed by atoms with Crippen molar-refractivity contribution in [1.82, 2.24) is 10.1 Å². The van der Waals surface area contributed by atoms with Crippen molar-refractivity contribution in [2.24, 2.45) is 0 Å². The van der Waals surface area contributed by atoms with E-state index in [1.807, 2.05) is 27.1 Å². The average molecular weight is 224 g/mol. The van der Waals surface area contributed by atoms with Crippen LogP contribution < -0.4 is 10.6 Å². The highest BCUT2D eigenvalue weighted by molar-refractivity contribution is 7.19. The molecule has 2 aromatic rings. The lowest BCUT2D eigenvalue weighted by molar-refractivity contribution is 0.431. The predicted molar refractivity (Wildman–Crippen MR) is 61.1 cm³/mol. The Labute approximate surface area is 91.5 Å². The first-order valence-electron chi connectivity index (χ1n) is 4.45. The van der Waals surface area contributed by atoms with E-state index >= 15 is 0 Å². The van der Waals surface area contributed by atoms with Crippen LogP contribution in [0.1, 0.15) is 5.56 Å². The summed E-state index contributed by atoms with van der Waals surface area (Å²) in [5.41, 5.74) is 6.76. The summed E-state index contributed by atoms with van der Waals surface area (Å²) in [5, 5.41) is 4.60. The molecule has 0 radical (unpaired) electrons. The fourth-order valence-electron chi connectivity index (χ4n) is 1.21. The molecule has 2 rings (SSSR count). The Hall–Kier alpha value is -1.56. The second kappa shape index (κ2) is 3.54. The Balaban J connectivity index is 2.41. The third-order valence-electron chi connectivity index (χ3n) is 1.95. The molecule has 0 saturated heterocycles. The third-order valence-corrected chi connectivity index (χ3v) is 3.00. The van der Waals surface area contributed by atoms with Gasteiger partial charge < -0.3 is 15.2 Å². The monoisotopic (exact) mass is 224 g/mol. The molecule has 2 aromatic heterocycles. The van der Waals surface area contributed by atoms with Gasteiger partial charge in [0.15, 0.2) is 0 Å². The first-order valence-corrected chi connectivity index (χ1v) is 5.27. The summed E-state index contributed by atoms with van der Waals surface area (Å²) in [4.78, 5) is 6.99. The summed E-state index contributed by atoms with van der Waals surface area (Å²) in [5.74, 6) is 1.09. The molecular formula is C9H12N4OS. The number of hydrogen-bond donors (Lipinski definition) is 1. The fourth-order valence-corrected chi connectivity index (χ4v) is 2.07. The standard InChI is InChI=1S/C9H12N4OS/c1-5-4-6(10)15-7(5)8-11-9(12-14-8)13(2)3/h4H,10H2,1-3H3. The van der Waals surface area contributed by atoms with E-state index < -0.39 is 0 Å². The first kappa shape index (κ1) is 9.97. The molecule has 0 bridgehead atoms. The van der Waals surface area contributed by atoms with E-state index in [1.165, 1.54) is 11.3 Å². The molecule has 5 nitrogen and oxygen atoms in total. The van der Waals surface area contributed by atoms with Gasteiger partial charge in [-0.2, -0.15) is 4.98 Å². The number of nitrogen functional groups attached to an aromatic ring is 1. The summed E-state index contributed by atoms with van der Waals surface area (Å²) < 4.78 is 5.16. The number of rotatable bonds is 2. The zero-order chi connectivity index (χ0) is 11.0. The van der Waals surface area contributed by atoms with E-state index in [0.717, 1.165) is 15.4 Å². The van der Waals surface area contributed by atoms with Gasteiger partial charge in [-0.15, -0.1) is 11.3 Å². The molecule has 0 aliphatic rings. The van der Waals surface area contributed by atoms with Gasteiger partial charge in [0.1, 0.15) is 0 Å². The lowest BCUT2D eigenvalue weighted by Gasteiger charge is -2.02. The maximum absolute atomic E-state index is 5.70. The molecule has 0 aliphatic heterocycles. The summed E-state index contributed by atoms with van der Waals surface area (Å²) in [6, 6.07) is 1.90. The van der Waals surface area contributed by atoms with Crippen LogP contribution in [0.25, 0.3) is 10.8 Å². The zero-order valence-electron chi connectivity index (χ0n) is 8.81. The first-order chi connectivity index (χ1) is 7.08. The molecule has 0 unspecified atom stereocenters. The van der Waals surface area contributed by atoms with Crippen LogP contribution >= 0.6 is 11.3 Å². The van der Waals surface area contributed by atoms with Crippen molar-refractivity contribution < 1.29 is 4.52 Å². The number of nitrogens with two attached hydrogens (primary N) is 1. The van der Waals surface area contributed by atoms with Crippen molar-refractivity contribution in [1.29, 1.82) is 0 Å². The van der Waals surface area contributed by atoms with Gasteiger partial charge in [-0.05, 0) is 23.7 Å². The van der Waals surface area contributed by atoms with Gasteiger partial charge >= 0.3 is 0 Å². The fraction of sp³-hybridized carbons (Fsp3) is 0.333. The molecule has 6 heteroatoms. The van der Waals surface area contributed by atoms with Crippen molar-refractivity contribution in [2.75, 3.05) is 24.7 Å². The topological polar surface area (TPSA) is 68.2 Å². The van der Waals surface area contributed by atoms with Crippen molar-refractivity contribution in [3.05, 3.63) is 11.6 Å². The summed E-state index contributed by atoms with van der Waals surface area (Å²) in [7, 11) is 3.73. The number of thiophene rings is 1. The predicted octanol–water partition coefficient (Wildman–Crippen LogP) is 1.75. The van der Waals surface area contributed by atoms with Crippen molar-refractivity contribution in [3.8, 4) is 10.8 Å². The number of nitrogens with zero attached hydrogens (tertiary/aromatic N) is 3. The van der Waals surface area contributed by atoms with Gasteiger partial charge in [-0.25, -0.2) is 0 Å². The molecule has 80 valence electrons. The summed E-state index contributed by atoms with van der Waals surface area (Å²) >= 11 is 1.46. The Morgan fingerprint density at radius 3 is 2.67 bits per heavy atom. The Morgan fingerprint density at radius 2 is 2.20 bits per heavy atom. The number of hydrogen-bond acceptors (Lipinski definition) is 6. The number of anilines is 2. The average Bonchev–Trinajstić information content (AvgIpc) is 2.71. The van der Waals surface area contributed by atoms with Gasteiger partial charge in [0.25, 0.3) is 11.8 Å². The van der Waals surface area contributed by atoms with Crippen LogP contribution in [0.4, 0.5) is 10.9 Å². The molecule has 0 saturated carbocycles. The molecule has 2 heterocycles. The maximum Gasteiger partial charge on any atom is 0.269 e. The van der Waals surface area contributed by atoms with Gasteiger partial charge in [0, 0.05) is 14.1 Å². The van der Waals surface area contributed by atoms with Crippen LogP contribution in [-0.4, -0.2) is 24.2 Å². The van der Waals surface area contributed by atoms with E-state index in [9.17, 15) is 0 Å². The van der Waals surface area contributed by atoms with Gasteiger partial charge in [0.05, 0.1) is 9.88 Å². The zero-order valence-corrected chi connectivity index (χ0v) is 9.63. The molecule has 0 spiro atoms. The highest BCUT2D eigenvalue weighted by Crippen LogP contribution is 2.33. The Morgan fingerprint density at radius 1 is 1.47 bits per heavy atom. The van der Waals surface area contributed by atoms with Crippen molar-refractivity contribution in [2.45, 2.75) is 6.92 Å². The quantitative estimate of drug-likeness (QED) is 0.841. The number of aromatic nitrogens is 2. The minimum Gasteiger partial charge on any atom is -0.391 e. The lowest BCUT2D eigenvalue weighted by atomic mass is 10.3. The van der Waals surface area contributed by atoms with Crippen LogP contribution in [0, 0.1) is 6.92 Å². The van der Waals surface area contributed by atoms with Crippen LogP contribution in [0.5, 0.6) is 0 Å². The van der Waals surface area contributed by atoms with Crippen LogP contribution in [0.2, 0.25) is 0 Å². The Kier molecular flexibility index (Phi) is 2.36. The highest BCUT2D eigenvalue weighted by atomic mass is 32.1. The molecule has 0 amide bonds. The highest BCUT2D eigenvalue weighted by Gasteiger charge is 2.14. The summed E-state index contributed by atoms with van der Waals surface area (Å²) in [6.07, 6.45) is 0. The van der Waals surface area contributed by atoms with Crippen molar-refractivity contribution >= 4 is 22.3 Å². The number of aryl methyl sites for hydroxylation is 1. The molecule has 0 aliphatic carbocycles. The van der Waals surface area contributed by atoms with Crippen LogP contribution in [-0.2, 0) is 0 Å². The normalized spacial score (nSPS) is 10.6. The van der Waals surface area contributed by atoms with E-state index in [4.69, 9.17) is 10.3 Å². The molecule has 15 heavy (non-hydrogen) atoms. The second-order valence-corrected chi connectivity index (χ2v) is 4.54. The van der Waals surface area contributed by atoms with Crippen LogP contribution in [0.15, 0.2) is 10.6 Å². The second-order valence-electron chi connectivity index (χ2n) is 3.45. The third kappa shape index (κ3) is 1.80. The SMILES string of the molecule is Cc1cc(N)sc1-c1nc(N(C)C)no1. The Bertz CT molecular complexity index is 474. The minimum absolute atomic E-state index is 0.526. The lowest BCUT2D eigenvalue weighted by Crippen LogP contribution is -2.09. The molecular weight excluding hydrogens is 212 g/mol. The van der Waals surface area contributed by atoms with E-state index in [-0.39, 0.29) is 0 Å². The van der Waals surface area contributed by atoms with Gasteiger partial charge in [-0.1, -0.05) is 0 Å². The largest absolute Gasteiger partial charge is 0.391 e. The van der Waals surface area contributed by atoms with E-state index in [0.29, 0.717) is 11.8 Å². The smallest absolute Gasteiger partial charge is 0.269 e. The van der Waals surface area contributed by atoms with E-state index in [1.54, 1.807) is 4.90 Å². The molecule has 0 atom stereocenters. The molecule has 2 N–H and O–H groups in total. The van der Waals surface area contributed by atoms with Crippen LogP contribution in [0.3, 0.4) is 0 Å².